The number of fused-ring (bicyclic) bond motifs is 1. The molecule has 186 valence electrons. The molecule has 1 unspecified atom stereocenters. The lowest BCUT2D eigenvalue weighted by Gasteiger charge is -2.28. The number of methoxy groups -OCH3 is 2. The maximum absolute atomic E-state index is 13.3. The Kier molecular flexibility index (Phi) is 6.88. The molecular weight excluding hydrogens is 450 g/mol. The van der Waals surface area contributed by atoms with Crippen molar-refractivity contribution in [3.05, 3.63) is 53.1 Å². The Morgan fingerprint density at radius 3 is 2.54 bits per heavy atom. The van der Waals surface area contributed by atoms with Gasteiger partial charge in [0.1, 0.15) is 18.1 Å². The zero-order chi connectivity index (χ0) is 25.3. The first-order valence-electron chi connectivity index (χ1n) is 11.4. The number of ketones is 1. The fourth-order valence-corrected chi connectivity index (χ4v) is 4.44. The second-order valence-corrected chi connectivity index (χ2v) is 8.86. The molecule has 2 aromatic rings. The molecule has 4 rings (SSSR count). The SMILES string of the molecule is COc1ccc(C2/C(=C(\O)c3ccc4c(c3)N(C)CCO4)C(=O)C(=O)N2CCN(C)C)cc1OC. The van der Waals surface area contributed by atoms with Crippen LogP contribution in [0.15, 0.2) is 42.0 Å². The van der Waals surface area contributed by atoms with Crippen molar-refractivity contribution in [2.24, 2.45) is 0 Å². The molecule has 0 saturated carbocycles. The van der Waals surface area contributed by atoms with Gasteiger partial charge in [-0.25, -0.2) is 0 Å². The van der Waals surface area contributed by atoms with E-state index in [1.54, 1.807) is 36.4 Å². The molecule has 9 heteroatoms. The molecule has 1 N–H and O–H groups in total. The predicted molar refractivity (Wildman–Crippen MR) is 132 cm³/mol. The van der Waals surface area contributed by atoms with Gasteiger partial charge in [0.15, 0.2) is 11.5 Å². The Morgan fingerprint density at radius 2 is 1.86 bits per heavy atom. The number of Topliss-reactive ketones (excluding diaryl/α,β-unsaturated/α-hetero) is 1. The minimum atomic E-state index is -0.778. The molecule has 2 aliphatic heterocycles. The van der Waals surface area contributed by atoms with E-state index >= 15 is 0 Å². The molecule has 0 aromatic heterocycles. The van der Waals surface area contributed by atoms with E-state index in [1.165, 1.54) is 19.1 Å². The lowest BCUT2D eigenvalue weighted by molar-refractivity contribution is -0.140. The maximum Gasteiger partial charge on any atom is 0.295 e. The molecule has 0 spiro atoms. The van der Waals surface area contributed by atoms with Crippen LogP contribution in [-0.2, 0) is 9.59 Å². The second-order valence-electron chi connectivity index (χ2n) is 8.86. The van der Waals surface area contributed by atoms with Crippen LogP contribution >= 0.6 is 0 Å². The van der Waals surface area contributed by atoms with E-state index < -0.39 is 17.7 Å². The van der Waals surface area contributed by atoms with E-state index in [9.17, 15) is 14.7 Å². The number of ether oxygens (including phenoxy) is 3. The number of amides is 1. The molecular formula is C26H31N3O6. The molecule has 0 bridgehead atoms. The van der Waals surface area contributed by atoms with E-state index in [4.69, 9.17) is 14.2 Å². The lowest BCUT2D eigenvalue weighted by atomic mass is 9.94. The van der Waals surface area contributed by atoms with Crippen molar-refractivity contribution in [2.75, 3.05) is 66.5 Å². The number of anilines is 1. The highest BCUT2D eigenvalue weighted by Crippen LogP contribution is 2.43. The normalized spacial score (nSPS) is 19.1. The lowest BCUT2D eigenvalue weighted by Crippen LogP contribution is -2.35. The molecule has 9 nitrogen and oxygen atoms in total. The third kappa shape index (κ3) is 4.51. The Labute approximate surface area is 205 Å². The van der Waals surface area contributed by atoms with Gasteiger partial charge in [-0.1, -0.05) is 6.07 Å². The largest absolute Gasteiger partial charge is 0.507 e. The quantitative estimate of drug-likeness (QED) is 0.367. The van der Waals surface area contributed by atoms with Crippen molar-refractivity contribution < 1.29 is 28.9 Å². The Balaban J connectivity index is 1.86. The number of nitrogens with zero attached hydrogens (tertiary/aromatic N) is 3. The van der Waals surface area contributed by atoms with Crippen molar-refractivity contribution >= 4 is 23.1 Å². The van der Waals surface area contributed by atoms with E-state index in [0.29, 0.717) is 54.6 Å². The Morgan fingerprint density at radius 1 is 1.11 bits per heavy atom. The number of carbonyl (C=O) groups excluding carboxylic acids is 2. The summed E-state index contributed by atoms with van der Waals surface area (Å²) in [4.78, 5) is 31.9. The Bertz CT molecular complexity index is 1180. The van der Waals surface area contributed by atoms with Crippen molar-refractivity contribution in [1.29, 1.82) is 0 Å². The molecule has 0 aliphatic carbocycles. The minimum Gasteiger partial charge on any atom is -0.507 e. The van der Waals surface area contributed by atoms with E-state index in [2.05, 4.69) is 0 Å². The van der Waals surface area contributed by atoms with Crippen LogP contribution in [0.25, 0.3) is 5.76 Å². The van der Waals surface area contributed by atoms with Gasteiger partial charge in [-0.2, -0.15) is 0 Å². The van der Waals surface area contributed by atoms with Crippen LogP contribution in [0.2, 0.25) is 0 Å². The molecule has 1 atom stereocenters. The summed E-state index contributed by atoms with van der Waals surface area (Å²) in [6.07, 6.45) is 0. The average Bonchev–Trinajstić information content (AvgIpc) is 3.11. The highest BCUT2D eigenvalue weighted by Gasteiger charge is 2.46. The van der Waals surface area contributed by atoms with Gasteiger partial charge in [0.2, 0.25) is 0 Å². The number of rotatable bonds is 7. The summed E-state index contributed by atoms with van der Waals surface area (Å²) in [6, 6.07) is 9.72. The number of carbonyl (C=O) groups is 2. The fraction of sp³-hybridized carbons (Fsp3) is 0.385. The first-order valence-corrected chi connectivity index (χ1v) is 11.4. The molecule has 1 fully saturated rings. The number of likely N-dealkylation sites (tertiary alicyclic amines) is 1. The summed E-state index contributed by atoms with van der Waals surface area (Å²) in [7, 11) is 8.80. The fourth-order valence-electron chi connectivity index (χ4n) is 4.44. The highest BCUT2D eigenvalue weighted by molar-refractivity contribution is 6.46. The molecule has 2 aliphatic rings. The standard InChI is InChI=1S/C26H31N3O6/c1-27(2)10-11-29-23(16-6-9-20(33-4)21(15-16)34-5)22(25(31)26(29)32)24(30)17-7-8-19-18(14-17)28(3)12-13-35-19/h6-9,14-15,23,30H,10-13H2,1-5H3/b24-22+. The highest BCUT2D eigenvalue weighted by atomic mass is 16.5. The first-order chi connectivity index (χ1) is 16.8. The maximum atomic E-state index is 13.3. The third-order valence-electron chi connectivity index (χ3n) is 6.38. The van der Waals surface area contributed by atoms with Gasteiger partial charge >= 0.3 is 0 Å². The van der Waals surface area contributed by atoms with Gasteiger partial charge in [-0.3, -0.25) is 9.59 Å². The zero-order valence-corrected chi connectivity index (χ0v) is 20.7. The predicted octanol–water partition coefficient (Wildman–Crippen LogP) is 2.52. The molecule has 2 aromatic carbocycles. The number of aliphatic hydroxyl groups excluding tert-OH is 1. The van der Waals surface area contributed by atoms with Crippen LogP contribution in [0.4, 0.5) is 5.69 Å². The molecule has 2 heterocycles. The van der Waals surface area contributed by atoms with Gasteiger partial charge in [0.05, 0.1) is 38.1 Å². The van der Waals surface area contributed by atoms with Crippen molar-refractivity contribution in [1.82, 2.24) is 9.80 Å². The topological polar surface area (TPSA) is 91.8 Å². The van der Waals surface area contributed by atoms with Crippen LogP contribution in [0.3, 0.4) is 0 Å². The van der Waals surface area contributed by atoms with E-state index in [0.717, 1.165) is 5.69 Å². The van der Waals surface area contributed by atoms with Crippen LogP contribution in [-0.4, -0.2) is 88.2 Å². The van der Waals surface area contributed by atoms with Gasteiger partial charge in [-0.15, -0.1) is 0 Å². The van der Waals surface area contributed by atoms with Crippen LogP contribution < -0.4 is 19.1 Å². The molecule has 1 saturated heterocycles. The summed E-state index contributed by atoms with van der Waals surface area (Å²) in [5.74, 6) is 0.111. The van der Waals surface area contributed by atoms with Crippen molar-refractivity contribution in [2.45, 2.75) is 6.04 Å². The molecule has 0 radical (unpaired) electrons. The summed E-state index contributed by atoms with van der Waals surface area (Å²) in [6.45, 7) is 2.15. The van der Waals surface area contributed by atoms with Gasteiger partial charge in [0, 0.05) is 25.7 Å². The van der Waals surface area contributed by atoms with Gasteiger partial charge in [0.25, 0.3) is 11.7 Å². The monoisotopic (exact) mass is 481 g/mol. The van der Waals surface area contributed by atoms with Crippen molar-refractivity contribution in [3.63, 3.8) is 0 Å². The van der Waals surface area contributed by atoms with Gasteiger partial charge < -0.3 is 34.0 Å². The number of hydrogen-bond donors (Lipinski definition) is 1. The number of hydrogen-bond acceptors (Lipinski definition) is 8. The third-order valence-corrected chi connectivity index (χ3v) is 6.38. The van der Waals surface area contributed by atoms with E-state index in [-0.39, 0.29) is 11.3 Å². The number of benzene rings is 2. The summed E-state index contributed by atoms with van der Waals surface area (Å²) >= 11 is 0. The smallest absolute Gasteiger partial charge is 0.295 e. The zero-order valence-electron chi connectivity index (χ0n) is 20.7. The molecule has 1 amide bonds. The second kappa shape index (κ2) is 9.87. The first kappa shape index (κ1) is 24.4. The minimum absolute atomic E-state index is 0.0420. The van der Waals surface area contributed by atoms with Gasteiger partial charge in [-0.05, 0) is 50.0 Å². The summed E-state index contributed by atoms with van der Waals surface area (Å²) in [5.41, 5.74) is 1.93. The number of likely N-dealkylation sites (N-methyl/N-ethyl adjacent to an activating group) is 2. The summed E-state index contributed by atoms with van der Waals surface area (Å²) in [5, 5.41) is 11.4. The molecule has 35 heavy (non-hydrogen) atoms. The average molecular weight is 482 g/mol. The number of aliphatic hydroxyl groups is 1. The van der Waals surface area contributed by atoms with Crippen molar-refractivity contribution in [3.8, 4) is 17.2 Å². The Hall–Kier alpha value is -3.72. The van der Waals surface area contributed by atoms with Crippen LogP contribution in [0, 0.1) is 0 Å². The van der Waals surface area contributed by atoms with Crippen LogP contribution in [0.1, 0.15) is 17.2 Å². The van der Waals surface area contributed by atoms with Crippen LogP contribution in [0.5, 0.6) is 17.2 Å². The van der Waals surface area contributed by atoms with E-state index in [1.807, 2.05) is 30.9 Å². The summed E-state index contributed by atoms with van der Waals surface area (Å²) < 4.78 is 16.5.